The van der Waals surface area contributed by atoms with Gasteiger partial charge in [0.05, 0.1) is 0 Å². The van der Waals surface area contributed by atoms with Crippen LogP contribution in [0, 0.1) is 11.8 Å². The van der Waals surface area contributed by atoms with Gasteiger partial charge in [-0.15, -0.1) is 0 Å². The Balaban J connectivity index is 1.91. The van der Waals surface area contributed by atoms with Gasteiger partial charge < -0.3 is 14.9 Å². The number of carbonyl (C=O) groups excluding carboxylic acids is 1. The summed E-state index contributed by atoms with van der Waals surface area (Å²) in [6, 6.07) is 0.545. The number of amides is 2. The Labute approximate surface area is 127 Å². The van der Waals surface area contributed by atoms with E-state index in [2.05, 4.69) is 13.8 Å². The van der Waals surface area contributed by atoms with Crippen molar-refractivity contribution in [3.8, 4) is 0 Å². The predicted octanol–water partition coefficient (Wildman–Crippen LogP) is 2.80. The maximum Gasteiger partial charge on any atom is 0.320 e. The molecule has 2 saturated heterocycles. The van der Waals surface area contributed by atoms with E-state index in [1.54, 1.807) is 0 Å². The molecule has 0 aromatic heterocycles. The average Bonchev–Trinajstić information content (AvgIpc) is 2.94. The van der Waals surface area contributed by atoms with E-state index in [4.69, 9.17) is 5.11 Å². The molecular formula is C16H28N2O3. The van der Waals surface area contributed by atoms with Crippen LogP contribution in [0.15, 0.2) is 0 Å². The van der Waals surface area contributed by atoms with Gasteiger partial charge in [0.15, 0.2) is 0 Å². The molecule has 1 N–H and O–H groups in total. The summed E-state index contributed by atoms with van der Waals surface area (Å²) in [4.78, 5) is 27.4. The van der Waals surface area contributed by atoms with E-state index in [0.717, 1.165) is 45.3 Å². The number of aliphatic carboxylic acids is 1. The number of carboxylic acids is 1. The lowest BCUT2D eigenvalue weighted by Gasteiger charge is -2.38. The van der Waals surface area contributed by atoms with Crippen molar-refractivity contribution in [2.24, 2.45) is 11.8 Å². The third kappa shape index (κ3) is 4.11. The van der Waals surface area contributed by atoms with Crippen molar-refractivity contribution in [1.82, 2.24) is 9.80 Å². The number of carboxylic acid groups (broad SMARTS) is 1. The highest BCUT2D eigenvalue weighted by Gasteiger charge is 2.35. The summed E-state index contributed by atoms with van der Waals surface area (Å²) in [5.41, 5.74) is 0. The molecule has 2 aliphatic heterocycles. The van der Waals surface area contributed by atoms with E-state index in [0.29, 0.717) is 24.3 Å². The van der Waals surface area contributed by atoms with Crippen molar-refractivity contribution in [2.75, 3.05) is 19.6 Å². The molecule has 2 rings (SSSR count). The van der Waals surface area contributed by atoms with Gasteiger partial charge in [-0.05, 0) is 43.9 Å². The zero-order chi connectivity index (χ0) is 15.4. The monoisotopic (exact) mass is 296 g/mol. The molecule has 2 heterocycles. The second-order valence-corrected chi connectivity index (χ2v) is 6.82. The van der Waals surface area contributed by atoms with Crippen LogP contribution in [0.3, 0.4) is 0 Å². The lowest BCUT2D eigenvalue weighted by molar-refractivity contribution is -0.137. The first-order valence-corrected chi connectivity index (χ1v) is 8.26. The van der Waals surface area contributed by atoms with Gasteiger partial charge in [-0.2, -0.15) is 0 Å². The highest BCUT2D eigenvalue weighted by molar-refractivity contribution is 5.75. The highest BCUT2D eigenvalue weighted by Crippen LogP contribution is 2.27. The smallest absolute Gasteiger partial charge is 0.320 e. The summed E-state index contributed by atoms with van der Waals surface area (Å²) < 4.78 is 0. The maximum absolute atomic E-state index is 12.7. The van der Waals surface area contributed by atoms with Gasteiger partial charge in [-0.3, -0.25) is 4.79 Å². The fourth-order valence-electron chi connectivity index (χ4n) is 3.71. The van der Waals surface area contributed by atoms with E-state index in [1.807, 2.05) is 9.80 Å². The molecule has 0 aromatic rings. The molecule has 120 valence electrons. The number of likely N-dealkylation sites (tertiary alicyclic amines) is 2. The van der Waals surface area contributed by atoms with Crippen molar-refractivity contribution in [3.05, 3.63) is 0 Å². The summed E-state index contributed by atoms with van der Waals surface area (Å²) in [6.07, 6.45) is 5.16. The lowest BCUT2D eigenvalue weighted by atomic mass is 9.93. The molecule has 5 nitrogen and oxygen atoms in total. The van der Waals surface area contributed by atoms with Crippen LogP contribution in [0.1, 0.15) is 52.4 Å². The molecule has 5 heteroatoms. The molecule has 0 spiro atoms. The van der Waals surface area contributed by atoms with Crippen LogP contribution in [0.4, 0.5) is 4.79 Å². The molecule has 2 atom stereocenters. The molecule has 0 aliphatic carbocycles. The number of nitrogens with zero attached hydrogens (tertiary/aromatic N) is 2. The first kappa shape index (κ1) is 16.1. The van der Waals surface area contributed by atoms with Crippen LogP contribution in [-0.2, 0) is 4.79 Å². The van der Waals surface area contributed by atoms with Crippen LogP contribution in [0.2, 0.25) is 0 Å². The Hall–Kier alpha value is -1.26. The lowest BCUT2D eigenvalue weighted by Crippen LogP contribution is -2.50. The van der Waals surface area contributed by atoms with Crippen LogP contribution in [0.25, 0.3) is 0 Å². The molecular weight excluding hydrogens is 268 g/mol. The van der Waals surface area contributed by atoms with Crippen molar-refractivity contribution in [1.29, 1.82) is 0 Å². The van der Waals surface area contributed by atoms with E-state index >= 15 is 0 Å². The zero-order valence-electron chi connectivity index (χ0n) is 13.3. The molecule has 21 heavy (non-hydrogen) atoms. The summed E-state index contributed by atoms with van der Waals surface area (Å²) in [5.74, 6) is 0.112. The van der Waals surface area contributed by atoms with Gasteiger partial charge in [-0.1, -0.05) is 13.8 Å². The maximum atomic E-state index is 12.7. The van der Waals surface area contributed by atoms with Gasteiger partial charge in [0.2, 0.25) is 0 Å². The van der Waals surface area contributed by atoms with Crippen molar-refractivity contribution < 1.29 is 14.7 Å². The molecule has 2 amide bonds. The minimum absolute atomic E-state index is 0.172. The Morgan fingerprint density at radius 3 is 2.57 bits per heavy atom. The third-order valence-corrected chi connectivity index (χ3v) is 4.87. The Morgan fingerprint density at radius 1 is 1.19 bits per heavy atom. The fraction of sp³-hybridized carbons (Fsp3) is 0.875. The minimum atomic E-state index is -0.738. The average molecular weight is 296 g/mol. The number of piperidine rings is 1. The topological polar surface area (TPSA) is 60.9 Å². The second-order valence-electron chi connectivity index (χ2n) is 6.82. The van der Waals surface area contributed by atoms with Gasteiger partial charge in [0.1, 0.15) is 0 Å². The molecule has 0 radical (unpaired) electrons. The van der Waals surface area contributed by atoms with Crippen LogP contribution in [-0.4, -0.2) is 52.6 Å². The van der Waals surface area contributed by atoms with E-state index in [9.17, 15) is 9.59 Å². The molecule has 2 fully saturated rings. The van der Waals surface area contributed by atoms with Crippen molar-refractivity contribution >= 4 is 12.0 Å². The summed E-state index contributed by atoms with van der Waals surface area (Å²) in [6.45, 7) is 6.79. The molecule has 0 saturated carbocycles. The van der Waals surface area contributed by atoms with E-state index in [1.165, 1.54) is 0 Å². The minimum Gasteiger partial charge on any atom is -0.481 e. The van der Waals surface area contributed by atoms with Crippen molar-refractivity contribution in [2.45, 2.75) is 58.4 Å². The first-order chi connectivity index (χ1) is 9.99. The molecule has 2 aliphatic rings. The highest BCUT2D eigenvalue weighted by atomic mass is 16.4. The Kier molecular flexibility index (Phi) is 5.48. The predicted molar refractivity (Wildman–Crippen MR) is 81.1 cm³/mol. The van der Waals surface area contributed by atoms with Gasteiger partial charge >= 0.3 is 12.0 Å². The molecule has 0 aromatic carbocycles. The van der Waals surface area contributed by atoms with Crippen LogP contribution >= 0.6 is 0 Å². The number of carbonyl (C=O) groups is 2. The second kappa shape index (κ2) is 7.14. The van der Waals surface area contributed by atoms with Gasteiger partial charge in [-0.25, -0.2) is 4.79 Å². The third-order valence-electron chi connectivity index (χ3n) is 4.87. The fourth-order valence-corrected chi connectivity index (χ4v) is 3.71. The van der Waals surface area contributed by atoms with Gasteiger partial charge in [0, 0.05) is 32.1 Å². The Bertz CT molecular complexity index is 384. The van der Waals surface area contributed by atoms with Crippen molar-refractivity contribution in [3.63, 3.8) is 0 Å². The van der Waals surface area contributed by atoms with Gasteiger partial charge in [0.25, 0.3) is 0 Å². The quantitative estimate of drug-likeness (QED) is 0.867. The Morgan fingerprint density at radius 2 is 1.90 bits per heavy atom. The number of hydrogen-bond donors (Lipinski definition) is 1. The van der Waals surface area contributed by atoms with Crippen LogP contribution in [0.5, 0.6) is 0 Å². The number of urea groups is 1. The normalized spacial score (nSPS) is 26.4. The largest absolute Gasteiger partial charge is 0.481 e. The first-order valence-electron chi connectivity index (χ1n) is 8.26. The molecule has 2 unspecified atom stereocenters. The zero-order valence-corrected chi connectivity index (χ0v) is 13.3. The van der Waals surface area contributed by atoms with Crippen LogP contribution < -0.4 is 0 Å². The van der Waals surface area contributed by atoms with E-state index in [-0.39, 0.29) is 12.5 Å². The number of rotatable bonds is 4. The molecule has 0 bridgehead atoms. The number of hydrogen-bond acceptors (Lipinski definition) is 2. The summed E-state index contributed by atoms with van der Waals surface area (Å²) >= 11 is 0. The summed E-state index contributed by atoms with van der Waals surface area (Å²) in [7, 11) is 0. The summed E-state index contributed by atoms with van der Waals surface area (Å²) in [5, 5.41) is 8.80. The van der Waals surface area contributed by atoms with E-state index < -0.39 is 5.97 Å². The standard InChI is InChI=1S/C16H28N2O3/c1-12(2)14-6-4-10-18(14)16(21)17-9-3-5-13(11-17)7-8-15(19)20/h12-14H,3-11H2,1-2H3,(H,19,20). The SMILES string of the molecule is CC(C)C1CCCN1C(=O)N1CCCC(CCC(=O)O)C1.